The molecule has 0 radical (unpaired) electrons. The molecule has 34 heavy (non-hydrogen) atoms. The van der Waals surface area contributed by atoms with Crippen molar-refractivity contribution in [1.82, 2.24) is 15.1 Å². The Balaban J connectivity index is 1.35. The van der Waals surface area contributed by atoms with Gasteiger partial charge < -0.3 is 19.7 Å². The summed E-state index contributed by atoms with van der Waals surface area (Å²) in [5, 5.41) is 2.55. The fourth-order valence-electron chi connectivity index (χ4n) is 3.55. The summed E-state index contributed by atoms with van der Waals surface area (Å²) in [6.45, 7) is 4.75. The lowest BCUT2D eigenvalue weighted by Gasteiger charge is -2.34. The molecule has 3 rings (SSSR count). The van der Waals surface area contributed by atoms with Crippen LogP contribution in [-0.4, -0.2) is 73.5 Å². The van der Waals surface area contributed by atoms with Crippen molar-refractivity contribution in [1.29, 1.82) is 0 Å². The van der Waals surface area contributed by atoms with Crippen LogP contribution in [0.5, 0.6) is 5.75 Å². The Hall–Kier alpha value is -3.65. The van der Waals surface area contributed by atoms with E-state index in [0.29, 0.717) is 13.1 Å². The van der Waals surface area contributed by atoms with E-state index in [-0.39, 0.29) is 12.5 Å². The molecule has 8 nitrogen and oxygen atoms in total. The average Bonchev–Trinajstić information content (AvgIpc) is 2.87. The van der Waals surface area contributed by atoms with Gasteiger partial charge in [-0.3, -0.25) is 14.5 Å². The van der Waals surface area contributed by atoms with E-state index in [2.05, 4.69) is 22.3 Å². The van der Waals surface area contributed by atoms with Crippen LogP contribution >= 0.6 is 0 Å². The number of carbonyl (C=O) groups is 3. The number of ether oxygens (including phenoxy) is 2. The highest BCUT2D eigenvalue weighted by Gasteiger charge is 2.23. The number of piperazine rings is 1. The molecule has 1 atom stereocenters. The summed E-state index contributed by atoms with van der Waals surface area (Å²) in [5.41, 5.74) is 2.06. The molecule has 0 saturated carbocycles. The predicted octanol–water partition coefficient (Wildman–Crippen LogP) is 2.10. The number of esters is 1. The quantitative estimate of drug-likeness (QED) is 0.451. The van der Waals surface area contributed by atoms with Crippen molar-refractivity contribution in [2.24, 2.45) is 0 Å². The lowest BCUT2D eigenvalue weighted by molar-refractivity contribution is -0.154. The number of carbonyl (C=O) groups excluding carboxylic acids is 3. The van der Waals surface area contributed by atoms with E-state index >= 15 is 0 Å². The zero-order chi connectivity index (χ0) is 24.3. The van der Waals surface area contributed by atoms with E-state index in [9.17, 15) is 14.4 Å². The summed E-state index contributed by atoms with van der Waals surface area (Å²) in [5.74, 6) is -0.587. The number of methoxy groups -OCH3 is 1. The Morgan fingerprint density at radius 3 is 2.32 bits per heavy atom. The van der Waals surface area contributed by atoms with Gasteiger partial charge in [0.2, 0.25) is 5.91 Å². The lowest BCUT2D eigenvalue weighted by atomic mass is 10.2. The summed E-state index contributed by atoms with van der Waals surface area (Å²) in [7, 11) is 1.58. The van der Waals surface area contributed by atoms with Crippen molar-refractivity contribution in [2.75, 3.05) is 39.9 Å². The third-order valence-corrected chi connectivity index (χ3v) is 5.57. The van der Waals surface area contributed by atoms with Gasteiger partial charge in [-0.05, 0) is 36.3 Å². The van der Waals surface area contributed by atoms with Gasteiger partial charge in [0, 0.05) is 38.8 Å². The van der Waals surface area contributed by atoms with Gasteiger partial charge in [-0.2, -0.15) is 0 Å². The third-order valence-electron chi connectivity index (χ3n) is 5.57. The predicted molar refractivity (Wildman–Crippen MR) is 129 cm³/mol. The van der Waals surface area contributed by atoms with Crippen LogP contribution in [-0.2, 0) is 25.7 Å². The van der Waals surface area contributed by atoms with Crippen LogP contribution in [0.4, 0.5) is 0 Å². The zero-order valence-electron chi connectivity index (χ0n) is 19.6. The van der Waals surface area contributed by atoms with E-state index < -0.39 is 17.9 Å². The Bertz CT molecular complexity index is 983. The van der Waals surface area contributed by atoms with E-state index in [1.54, 1.807) is 30.2 Å². The average molecular weight is 466 g/mol. The number of nitrogens with one attached hydrogen (secondary N) is 1. The fourth-order valence-corrected chi connectivity index (χ4v) is 3.55. The maximum atomic E-state index is 12.4. The highest BCUT2D eigenvalue weighted by Crippen LogP contribution is 2.12. The first-order valence-corrected chi connectivity index (χ1v) is 11.3. The number of rotatable bonds is 9. The van der Waals surface area contributed by atoms with E-state index in [1.807, 2.05) is 30.3 Å². The lowest BCUT2D eigenvalue weighted by Crippen LogP contribution is -2.49. The molecular formula is C26H31N3O5. The minimum atomic E-state index is -0.872. The molecule has 1 N–H and O–H groups in total. The maximum absolute atomic E-state index is 12.4. The van der Waals surface area contributed by atoms with E-state index in [1.165, 1.54) is 18.6 Å². The van der Waals surface area contributed by atoms with Gasteiger partial charge in [-0.25, -0.2) is 4.79 Å². The van der Waals surface area contributed by atoms with Gasteiger partial charge in [0.15, 0.2) is 6.61 Å². The summed E-state index contributed by atoms with van der Waals surface area (Å²) in [4.78, 5) is 40.7. The highest BCUT2D eigenvalue weighted by molar-refractivity contribution is 5.94. The summed E-state index contributed by atoms with van der Waals surface area (Å²) >= 11 is 0. The van der Waals surface area contributed by atoms with E-state index in [0.717, 1.165) is 30.9 Å². The number of nitrogens with zero attached hydrogens (tertiary/aromatic N) is 2. The SMILES string of the molecule is COc1ccc(/C=C/C(=O)N[C@@H](C)C(=O)OCC(=O)N2CCN(Cc3ccccc3)CC2)cc1. The van der Waals surface area contributed by atoms with Gasteiger partial charge in [0.25, 0.3) is 5.91 Å². The number of hydrogen-bond acceptors (Lipinski definition) is 6. The van der Waals surface area contributed by atoms with Crippen LogP contribution in [0.1, 0.15) is 18.1 Å². The molecule has 0 aliphatic carbocycles. The van der Waals surface area contributed by atoms with Gasteiger partial charge >= 0.3 is 5.97 Å². The molecule has 1 aliphatic rings. The Labute approximate surface area is 200 Å². The van der Waals surface area contributed by atoms with Crippen LogP contribution in [0, 0.1) is 0 Å². The highest BCUT2D eigenvalue weighted by atomic mass is 16.5. The molecule has 0 spiro atoms. The molecule has 1 fully saturated rings. The van der Waals surface area contributed by atoms with Crippen LogP contribution in [0.15, 0.2) is 60.7 Å². The first-order valence-electron chi connectivity index (χ1n) is 11.3. The second-order valence-corrected chi connectivity index (χ2v) is 8.09. The first-order chi connectivity index (χ1) is 16.4. The number of hydrogen-bond donors (Lipinski definition) is 1. The zero-order valence-corrected chi connectivity index (χ0v) is 19.6. The van der Waals surface area contributed by atoms with Crippen LogP contribution in [0.25, 0.3) is 6.08 Å². The summed E-state index contributed by atoms with van der Waals surface area (Å²) < 4.78 is 10.2. The fraction of sp³-hybridized carbons (Fsp3) is 0.346. The molecule has 1 saturated heterocycles. The standard InChI is InChI=1S/C26H31N3O5/c1-20(27-24(30)13-10-21-8-11-23(33-2)12-9-21)26(32)34-19-25(31)29-16-14-28(15-17-29)18-22-6-4-3-5-7-22/h3-13,20H,14-19H2,1-2H3,(H,27,30)/b13-10+/t20-/m0/s1. The third kappa shape index (κ3) is 7.74. The second kappa shape index (κ2) is 12.6. The minimum absolute atomic E-state index is 0.231. The molecule has 180 valence electrons. The van der Waals surface area contributed by atoms with Gasteiger partial charge in [0.1, 0.15) is 11.8 Å². The molecule has 1 aliphatic heterocycles. The Morgan fingerprint density at radius 1 is 1.00 bits per heavy atom. The maximum Gasteiger partial charge on any atom is 0.328 e. The normalized spacial score (nSPS) is 15.1. The number of benzene rings is 2. The van der Waals surface area contributed by atoms with E-state index in [4.69, 9.17) is 9.47 Å². The minimum Gasteiger partial charge on any atom is -0.497 e. The largest absolute Gasteiger partial charge is 0.497 e. The van der Waals surface area contributed by atoms with Crippen molar-refractivity contribution in [3.8, 4) is 5.75 Å². The van der Waals surface area contributed by atoms with Crippen molar-refractivity contribution >= 4 is 23.9 Å². The van der Waals surface area contributed by atoms with Crippen molar-refractivity contribution in [3.05, 3.63) is 71.8 Å². The van der Waals surface area contributed by atoms with Crippen molar-refractivity contribution in [3.63, 3.8) is 0 Å². The molecule has 2 amide bonds. The van der Waals surface area contributed by atoms with Gasteiger partial charge in [-0.15, -0.1) is 0 Å². The molecular weight excluding hydrogens is 434 g/mol. The van der Waals surface area contributed by atoms with Crippen LogP contribution in [0.3, 0.4) is 0 Å². The van der Waals surface area contributed by atoms with Gasteiger partial charge in [0.05, 0.1) is 7.11 Å². The summed E-state index contributed by atoms with van der Waals surface area (Å²) in [6, 6.07) is 16.5. The molecule has 2 aromatic carbocycles. The summed E-state index contributed by atoms with van der Waals surface area (Å²) in [6.07, 6.45) is 2.97. The molecule has 1 heterocycles. The Morgan fingerprint density at radius 2 is 1.68 bits per heavy atom. The van der Waals surface area contributed by atoms with Crippen LogP contribution in [0.2, 0.25) is 0 Å². The monoisotopic (exact) mass is 465 g/mol. The molecule has 0 unspecified atom stereocenters. The topological polar surface area (TPSA) is 88.2 Å². The number of amides is 2. The smallest absolute Gasteiger partial charge is 0.328 e. The molecule has 2 aromatic rings. The molecule has 0 aromatic heterocycles. The Kier molecular flexibility index (Phi) is 9.22. The van der Waals surface area contributed by atoms with Crippen LogP contribution < -0.4 is 10.1 Å². The first kappa shape index (κ1) is 25.0. The van der Waals surface area contributed by atoms with Crippen molar-refractivity contribution in [2.45, 2.75) is 19.5 Å². The molecule has 8 heteroatoms. The van der Waals surface area contributed by atoms with Gasteiger partial charge in [-0.1, -0.05) is 42.5 Å². The molecule has 0 bridgehead atoms. The second-order valence-electron chi connectivity index (χ2n) is 8.09. The van der Waals surface area contributed by atoms with Crippen molar-refractivity contribution < 1.29 is 23.9 Å².